The van der Waals surface area contributed by atoms with Gasteiger partial charge in [-0.05, 0) is 30.2 Å². The molecule has 3 heteroatoms. The summed E-state index contributed by atoms with van der Waals surface area (Å²) in [5.74, 6) is 0.543. The quantitative estimate of drug-likeness (QED) is 0.837. The van der Waals surface area contributed by atoms with E-state index in [0.29, 0.717) is 11.3 Å². The van der Waals surface area contributed by atoms with Crippen molar-refractivity contribution in [3.63, 3.8) is 0 Å². The summed E-state index contributed by atoms with van der Waals surface area (Å²) in [4.78, 5) is 12.0. The molecule has 0 heterocycles. The van der Waals surface area contributed by atoms with Crippen LogP contribution >= 0.6 is 0 Å². The summed E-state index contributed by atoms with van der Waals surface area (Å²) in [6, 6.07) is 14.5. The van der Waals surface area contributed by atoms with E-state index in [9.17, 15) is 4.79 Å². The highest BCUT2D eigenvalue weighted by Gasteiger charge is 2.09. The molecule has 1 N–H and O–H groups in total. The van der Waals surface area contributed by atoms with E-state index in [1.165, 1.54) is 0 Å². The van der Waals surface area contributed by atoms with Crippen LogP contribution < -0.4 is 4.74 Å². The van der Waals surface area contributed by atoms with Crippen LogP contribution in [0.4, 0.5) is 0 Å². The van der Waals surface area contributed by atoms with Gasteiger partial charge in [-0.15, -0.1) is 0 Å². The van der Waals surface area contributed by atoms with Gasteiger partial charge in [-0.1, -0.05) is 36.4 Å². The molecule has 0 saturated carbocycles. The lowest BCUT2D eigenvalue weighted by Gasteiger charge is -2.08. The van der Waals surface area contributed by atoms with E-state index in [0.717, 1.165) is 11.1 Å². The summed E-state index contributed by atoms with van der Waals surface area (Å²) >= 11 is 0. The van der Waals surface area contributed by atoms with Crippen molar-refractivity contribution in [3.05, 3.63) is 65.2 Å². The number of aliphatic hydroxyl groups is 1. The number of hydrogen-bond acceptors (Lipinski definition) is 3. The Morgan fingerprint density at radius 2 is 1.95 bits per heavy atom. The van der Waals surface area contributed by atoms with Crippen LogP contribution in [-0.2, 0) is 6.61 Å². The molecular weight excluding hydrogens is 240 g/mol. The molecule has 2 rings (SSSR count). The van der Waals surface area contributed by atoms with Crippen molar-refractivity contribution in [3.8, 4) is 5.75 Å². The molecule has 0 fully saturated rings. The zero-order valence-corrected chi connectivity index (χ0v) is 10.8. The van der Waals surface area contributed by atoms with Gasteiger partial charge in [-0.3, -0.25) is 4.79 Å². The van der Waals surface area contributed by atoms with Crippen molar-refractivity contribution in [2.24, 2.45) is 0 Å². The van der Waals surface area contributed by atoms with Crippen LogP contribution in [0.1, 0.15) is 21.5 Å². The normalized spacial score (nSPS) is 10.2. The van der Waals surface area contributed by atoms with Crippen LogP contribution in [0.25, 0.3) is 0 Å². The number of benzene rings is 2. The van der Waals surface area contributed by atoms with Crippen LogP contribution in [0.2, 0.25) is 0 Å². The van der Waals surface area contributed by atoms with Crippen LogP contribution in [0.3, 0.4) is 0 Å². The highest BCUT2D eigenvalue weighted by Crippen LogP contribution is 2.14. The zero-order valence-electron chi connectivity index (χ0n) is 10.8. The van der Waals surface area contributed by atoms with Gasteiger partial charge in [0.25, 0.3) is 0 Å². The molecule has 0 radical (unpaired) electrons. The smallest absolute Gasteiger partial charge is 0.200 e. The molecule has 0 bridgehead atoms. The van der Waals surface area contributed by atoms with Gasteiger partial charge in [0.05, 0.1) is 6.61 Å². The molecule has 0 amide bonds. The number of aliphatic hydroxyl groups excluding tert-OH is 1. The van der Waals surface area contributed by atoms with Crippen molar-refractivity contribution in [2.75, 3.05) is 6.61 Å². The highest BCUT2D eigenvalue weighted by atomic mass is 16.5. The Bertz CT molecular complexity index is 576. The van der Waals surface area contributed by atoms with Gasteiger partial charge in [0.2, 0.25) is 0 Å². The first kappa shape index (κ1) is 13.3. The van der Waals surface area contributed by atoms with E-state index in [2.05, 4.69) is 0 Å². The van der Waals surface area contributed by atoms with Gasteiger partial charge in [0.1, 0.15) is 5.75 Å². The Morgan fingerprint density at radius 3 is 2.68 bits per heavy atom. The lowest BCUT2D eigenvalue weighted by Crippen LogP contribution is -2.12. The standard InChI is InChI=1S/C16H16O3/c1-12-5-2-3-8-15(12)16(18)11-19-14-7-4-6-13(9-14)10-17/h2-9,17H,10-11H2,1H3. The maximum Gasteiger partial charge on any atom is 0.200 e. The number of carbonyl (C=O) groups is 1. The third-order valence-corrected chi connectivity index (χ3v) is 2.90. The minimum absolute atomic E-state index is 0.000263. The Labute approximate surface area is 112 Å². The summed E-state index contributed by atoms with van der Waals surface area (Å²) < 4.78 is 5.46. The van der Waals surface area contributed by atoms with Gasteiger partial charge in [0, 0.05) is 5.56 Å². The number of Topliss-reactive ketones (excluding diaryl/α,β-unsaturated/α-hetero) is 1. The van der Waals surface area contributed by atoms with Crippen molar-refractivity contribution in [1.82, 2.24) is 0 Å². The average Bonchev–Trinajstić information content (AvgIpc) is 2.45. The van der Waals surface area contributed by atoms with Crippen molar-refractivity contribution in [2.45, 2.75) is 13.5 Å². The van der Waals surface area contributed by atoms with Gasteiger partial charge >= 0.3 is 0 Å². The van der Waals surface area contributed by atoms with Gasteiger partial charge < -0.3 is 9.84 Å². The molecule has 3 nitrogen and oxygen atoms in total. The van der Waals surface area contributed by atoms with Crippen LogP contribution in [0.15, 0.2) is 48.5 Å². The number of ether oxygens (including phenoxy) is 1. The fourth-order valence-corrected chi connectivity index (χ4v) is 1.85. The number of rotatable bonds is 5. The maximum atomic E-state index is 12.0. The minimum Gasteiger partial charge on any atom is -0.485 e. The largest absolute Gasteiger partial charge is 0.485 e. The van der Waals surface area contributed by atoms with Crippen molar-refractivity contribution < 1.29 is 14.6 Å². The Balaban J connectivity index is 2.02. The van der Waals surface area contributed by atoms with Crippen LogP contribution in [-0.4, -0.2) is 17.5 Å². The monoisotopic (exact) mass is 256 g/mol. The summed E-state index contributed by atoms with van der Waals surface area (Å²) in [5.41, 5.74) is 2.39. The predicted molar refractivity (Wildman–Crippen MR) is 73.4 cm³/mol. The van der Waals surface area contributed by atoms with Crippen LogP contribution in [0, 0.1) is 6.92 Å². The van der Waals surface area contributed by atoms with E-state index in [1.54, 1.807) is 30.3 Å². The number of carbonyl (C=O) groups excluding carboxylic acids is 1. The number of hydrogen-bond donors (Lipinski definition) is 1. The molecule has 0 aliphatic rings. The molecule has 2 aromatic carbocycles. The summed E-state index contributed by atoms with van der Waals surface area (Å²) in [7, 11) is 0. The summed E-state index contributed by atoms with van der Waals surface area (Å²) in [6.45, 7) is 1.86. The number of aryl methyl sites for hydroxylation is 1. The van der Waals surface area contributed by atoms with Crippen LogP contribution in [0.5, 0.6) is 5.75 Å². The SMILES string of the molecule is Cc1ccccc1C(=O)COc1cccc(CO)c1. The molecule has 0 aliphatic carbocycles. The van der Waals surface area contributed by atoms with Gasteiger partial charge in [-0.25, -0.2) is 0 Å². The Hall–Kier alpha value is -2.13. The Kier molecular flexibility index (Phi) is 4.31. The van der Waals surface area contributed by atoms with Gasteiger partial charge in [-0.2, -0.15) is 0 Å². The first-order valence-corrected chi connectivity index (χ1v) is 6.12. The lowest BCUT2D eigenvalue weighted by molar-refractivity contribution is 0.0921. The molecule has 0 unspecified atom stereocenters. The number of ketones is 1. The molecule has 19 heavy (non-hydrogen) atoms. The second-order valence-corrected chi connectivity index (χ2v) is 4.33. The van der Waals surface area contributed by atoms with Crippen molar-refractivity contribution >= 4 is 5.78 Å². The van der Waals surface area contributed by atoms with E-state index < -0.39 is 0 Å². The third-order valence-electron chi connectivity index (χ3n) is 2.90. The molecule has 2 aromatic rings. The van der Waals surface area contributed by atoms with E-state index in [4.69, 9.17) is 9.84 Å². The average molecular weight is 256 g/mol. The first-order valence-electron chi connectivity index (χ1n) is 6.12. The zero-order chi connectivity index (χ0) is 13.7. The molecule has 98 valence electrons. The fourth-order valence-electron chi connectivity index (χ4n) is 1.85. The molecule has 0 spiro atoms. The Morgan fingerprint density at radius 1 is 1.16 bits per heavy atom. The molecule has 0 aromatic heterocycles. The van der Waals surface area contributed by atoms with E-state index in [-0.39, 0.29) is 19.0 Å². The lowest BCUT2D eigenvalue weighted by atomic mass is 10.1. The van der Waals surface area contributed by atoms with E-state index >= 15 is 0 Å². The third kappa shape index (κ3) is 3.42. The fraction of sp³-hybridized carbons (Fsp3) is 0.188. The van der Waals surface area contributed by atoms with Crippen molar-refractivity contribution in [1.29, 1.82) is 0 Å². The predicted octanol–water partition coefficient (Wildman–Crippen LogP) is 2.75. The molecule has 0 saturated heterocycles. The first-order chi connectivity index (χ1) is 9.20. The van der Waals surface area contributed by atoms with Gasteiger partial charge in [0.15, 0.2) is 12.4 Å². The maximum absolute atomic E-state index is 12.0. The topological polar surface area (TPSA) is 46.5 Å². The molecular formula is C16H16O3. The molecule has 0 atom stereocenters. The highest BCUT2D eigenvalue weighted by molar-refractivity contribution is 5.98. The minimum atomic E-state index is -0.0486. The summed E-state index contributed by atoms with van der Waals surface area (Å²) in [5, 5.41) is 9.03. The second kappa shape index (κ2) is 6.16. The summed E-state index contributed by atoms with van der Waals surface area (Å²) in [6.07, 6.45) is 0. The van der Waals surface area contributed by atoms with E-state index in [1.807, 2.05) is 25.1 Å². The molecule has 0 aliphatic heterocycles. The second-order valence-electron chi connectivity index (χ2n) is 4.33.